The second kappa shape index (κ2) is 17.0. The van der Waals surface area contributed by atoms with E-state index in [1.54, 1.807) is 24.3 Å². The molecule has 1 aromatic carbocycles. The monoisotopic (exact) mass is 521 g/mol. The van der Waals surface area contributed by atoms with Crippen LogP contribution in [-0.2, 0) is 35.1 Å². The molecule has 0 aliphatic heterocycles. The molecule has 0 saturated carbocycles. The van der Waals surface area contributed by atoms with Crippen molar-refractivity contribution < 1.29 is 28.7 Å². The molecule has 0 saturated heterocycles. The molecule has 206 valence electrons. The number of amides is 5. The second-order valence-corrected chi connectivity index (χ2v) is 8.63. The first-order valence-electron chi connectivity index (χ1n) is 12.1. The maximum atomic E-state index is 13.3. The third kappa shape index (κ3) is 12.3. The second-order valence-electron chi connectivity index (χ2n) is 8.63. The number of methoxy groups -OCH3 is 1. The molecular formula is C24H39N7O6. The van der Waals surface area contributed by atoms with Crippen molar-refractivity contribution in [3.05, 3.63) is 35.9 Å². The van der Waals surface area contributed by atoms with Gasteiger partial charge in [-0.1, -0.05) is 30.3 Å². The molecule has 0 aromatic heterocycles. The molecule has 1 aromatic rings. The zero-order valence-corrected chi connectivity index (χ0v) is 21.1. The molecule has 0 aliphatic rings. The molecule has 0 bridgehead atoms. The fourth-order valence-electron chi connectivity index (χ4n) is 3.47. The summed E-state index contributed by atoms with van der Waals surface area (Å²) in [6, 6.07) is 4.73. The third-order valence-corrected chi connectivity index (χ3v) is 5.52. The minimum absolute atomic E-state index is 0.0462. The largest absolute Gasteiger partial charge is 0.383 e. The number of ether oxygens (including phenoxy) is 1. The predicted octanol–water partition coefficient (Wildman–Crippen LogP) is -2.46. The molecule has 0 heterocycles. The van der Waals surface area contributed by atoms with Gasteiger partial charge in [0.2, 0.25) is 29.5 Å². The molecule has 5 amide bonds. The van der Waals surface area contributed by atoms with Crippen molar-refractivity contribution in [2.24, 2.45) is 22.9 Å². The van der Waals surface area contributed by atoms with Crippen molar-refractivity contribution in [3.8, 4) is 0 Å². The number of benzene rings is 1. The minimum atomic E-state index is -1.15. The van der Waals surface area contributed by atoms with Gasteiger partial charge in [0, 0.05) is 20.0 Å². The van der Waals surface area contributed by atoms with E-state index in [0.717, 1.165) is 5.56 Å². The SMILES string of the molecule is COC[C@H](N)C(=O)N[C@@H](Cc1ccccc1)C(=O)N[C@@H](CCCCN)C(=O)N[C@@H](CCC(N)=O)C(N)=O. The lowest BCUT2D eigenvalue weighted by molar-refractivity contribution is -0.134. The molecule has 37 heavy (non-hydrogen) atoms. The van der Waals surface area contributed by atoms with Crippen molar-refractivity contribution in [1.82, 2.24) is 16.0 Å². The van der Waals surface area contributed by atoms with Gasteiger partial charge in [0.15, 0.2) is 0 Å². The number of unbranched alkanes of at least 4 members (excludes halogenated alkanes) is 1. The Morgan fingerprint density at radius 2 is 1.43 bits per heavy atom. The Kier molecular flexibility index (Phi) is 14.5. The van der Waals surface area contributed by atoms with Crippen LogP contribution in [0.4, 0.5) is 0 Å². The number of hydrogen-bond acceptors (Lipinski definition) is 8. The molecule has 0 fully saturated rings. The van der Waals surface area contributed by atoms with Gasteiger partial charge >= 0.3 is 0 Å². The van der Waals surface area contributed by atoms with E-state index in [0.29, 0.717) is 19.4 Å². The summed E-state index contributed by atoms with van der Waals surface area (Å²) in [5, 5.41) is 7.76. The van der Waals surface area contributed by atoms with Crippen LogP contribution in [0.5, 0.6) is 0 Å². The van der Waals surface area contributed by atoms with Crippen LogP contribution in [0.15, 0.2) is 30.3 Å². The number of hydrogen-bond donors (Lipinski definition) is 7. The van der Waals surface area contributed by atoms with E-state index in [2.05, 4.69) is 16.0 Å². The van der Waals surface area contributed by atoms with Gasteiger partial charge in [-0.15, -0.1) is 0 Å². The summed E-state index contributed by atoms with van der Waals surface area (Å²) in [4.78, 5) is 61.7. The summed E-state index contributed by atoms with van der Waals surface area (Å²) >= 11 is 0. The predicted molar refractivity (Wildman–Crippen MR) is 136 cm³/mol. The lowest BCUT2D eigenvalue weighted by atomic mass is 10.0. The van der Waals surface area contributed by atoms with Crippen LogP contribution >= 0.6 is 0 Å². The quantitative estimate of drug-likeness (QED) is 0.102. The summed E-state index contributed by atoms with van der Waals surface area (Å²) in [5.41, 5.74) is 22.6. The van der Waals surface area contributed by atoms with Crippen LogP contribution in [0.25, 0.3) is 0 Å². The molecule has 0 radical (unpaired) electrons. The topological polar surface area (TPSA) is 235 Å². The molecule has 0 spiro atoms. The van der Waals surface area contributed by atoms with Gasteiger partial charge in [0.05, 0.1) is 6.61 Å². The molecular weight excluding hydrogens is 482 g/mol. The average molecular weight is 522 g/mol. The van der Waals surface area contributed by atoms with E-state index in [4.69, 9.17) is 27.7 Å². The summed E-state index contributed by atoms with van der Waals surface area (Å²) in [6.45, 7) is 0.338. The van der Waals surface area contributed by atoms with Gasteiger partial charge < -0.3 is 43.6 Å². The van der Waals surface area contributed by atoms with Gasteiger partial charge in [-0.2, -0.15) is 0 Å². The van der Waals surface area contributed by atoms with E-state index in [-0.39, 0.29) is 32.3 Å². The van der Waals surface area contributed by atoms with Crippen molar-refractivity contribution in [2.45, 2.75) is 62.7 Å². The van der Waals surface area contributed by atoms with Crippen LogP contribution in [-0.4, -0.2) is 74.0 Å². The Morgan fingerprint density at radius 1 is 0.838 bits per heavy atom. The average Bonchev–Trinajstić information content (AvgIpc) is 2.85. The minimum Gasteiger partial charge on any atom is -0.383 e. The Balaban J connectivity index is 3.07. The number of nitrogens with two attached hydrogens (primary N) is 4. The van der Waals surface area contributed by atoms with Crippen molar-refractivity contribution in [3.63, 3.8) is 0 Å². The first kappa shape index (κ1) is 31.5. The number of primary amides is 2. The summed E-state index contributed by atoms with van der Waals surface area (Å²) < 4.78 is 4.91. The fraction of sp³-hybridized carbons (Fsp3) is 0.542. The Morgan fingerprint density at radius 3 is 2.00 bits per heavy atom. The molecule has 0 unspecified atom stereocenters. The van der Waals surface area contributed by atoms with Crippen LogP contribution in [0.3, 0.4) is 0 Å². The normalized spacial score (nSPS) is 14.0. The highest BCUT2D eigenvalue weighted by Gasteiger charge is 2.30. The Bertz CT molecular complexity index is 899. The van der Waals surface area contributed by atoms with E-state index < -0.39 is 53.7 Å². The summed E-state index contributed by atoms with van der Waals surface area (Å²) in [6.07, 6.45) is 1.21. The van der Waals surface area contributed by atoms with Gasteiger partial charge in [0.25, 0.3) is 0 Å². The molecule has 1 rings (SSSR count). The Labute approximate surface area is 216 Å². The van der Waals surface area contributed by atoms with E-state index in [9.17, 15) is 24.0 Å². The van der Waals surface area contributed by atoms with Crippen molar-refractivity contribution >= 4 is 29.5 Å². The highest BCUT2D eigenvalue weighted by atomic mass is 16.5. The van der Waals surface area contributed by atoms with Crippen LogP contribution in [0, 0.1) is 0 Å². The standard InChI is InChI=1S/C24H39N7O6/c1-37-14-16(26)22(34)31-19(13-15-7-3-2-4-8-15)24(36)30-18(9-5-6-12-25)23(35)29-17(21(28)33)10-11-20(27)32/h2-4,7-8,16-19H,5-6,9-14,25-26H2,1H3,(H2,27,32)(H2,28,33)(H,29,35)(H,30,36)(H,31,34)/t16-,17-,18-,19-/m0/s1. The van der Waals surface area contributed by atoms with Gasteiger partial charge in [-0.3, -0.25) is 24.0 Å². The van der Waals surface area contributed by atoms with Gasteiger partial charge in [0.1, 0.15) is 24.2 Å². The lowest BCUT2D eigenvalue weighted by Crippen LogP contribution is -2.58. The van der Waals surface area contributed by atoms with Gasteiger partial charge in [-0.05, 0) is 37.8 Å². The van der Waals surface area contributed by atoms with E-state index >= 15 is 0 Å². The Hall–Kier alpha value is -3.55. The molecule has 4 atom stereocenters. The summed E-state index contributed by atoms with van der Waals surface area (Å²) in [5.74, 6) is -3.38. The van der Waals surface area contributed by atoms with Crippen molar-refractivity contribution in [2.75, 3.05) is 20.3 Å². The molecule has 0 aliphatic carbocycles. The molecule has 11 N–H and O–H groups in total. The van der Waals surface area contributed by atoms with Crippen LogP contribution in [0.2, 0.25) is 0 Å². The van der Waals surface area contributed by atoms with Crippen LogP contribution in [0.1, 0.15) is 37.7 Å². The zero-order valence-electron chi connectivity index (χ0n) is 21.1. The first-order chi connectivity index (χ1) is 17.6. The number of carbonyl (C=O) groups excluding carboxylic acids is 5. The highest BCUT2D eigenvalue weighted by Crippen LogP contribution is 2.08. The smallest absolute Gasteiger partial charge is 0.243 e. The fourth-order valence-corrected chi connectivity index (χ4v) is 3.47. The number of rotatable bonds is 18. The maximum absolute atomic E-state index is 13.3. The van der Waals surface area contributed by atoms with E-state index in [1.165, 1.54) is 7.11 Å². The number of nitrogens with one attached hydrogen (secondary N) is 3. The van der Waals surface area contributed by atoms with E-state index in [1.807, 2.05) is 6.07 Å². The highest BCUT2D eigenvalue weighted by molar-refractivity contribution is 5.94. The zero-order chi connectivity index (χ0) is 27.8. The summed E-state index contributed by atoms with van der Waals surface area (Å²) in [7, 11) is 1.40. The van der Waals surface area contributed by atoms with Crippen molar-refractivity contribution in [1.29, 1.82) is 0 Å². The molecule has 13 nitrogen and oxygen atoms in total. The lowest BCUT2D eigenvalue weighted by Gasteiger charge is -2.25. The van der Waals surface area contributed by atoms with Crippen LogP contribution < -0.4 is 38.9 Å². The molecule has 13 heteroatoms. The van der Waals surface area contributed by atoms with Gasteiger partial charge in [-0.25, -0.2) is 0 Å². The maximum Gasteiger partial charge on any atom is 0.243 e. The first-order valence-corrected chi connectivity index (χ1v) is 12.1. The third-order valence-electron chi connectivity index (χ3n) is 5.52. The number of carbonyl (C=O) groups is 5.